The predicted molar refractivity (Wildman–Crippen MR) is 159 cm³/mol. The Balaban J connectivity index is 0. The highest BCUT2D eigenvalue weighted by Gasteiger charge is 2.39. The highest BCUT2D eigenvalue weighted by molar-refractivity contribution is 6.60. The Bertz CT molecular complexity index is 338. The SMILES string of the molecule is CCCCCCCCCCCCC.CCCCCCCCCCCC[Si](OCC)(OCC)OCC. The predicted octanol–water partition coefficient (Wildman–Crippen LogP) is 11.3. The minimum atomic E-state index is -2.39. The second-order valence-corrected chi connectivity index (χ2v) is 12.8. The van der Waals surface area contributed by atoms with Crippen molar-refractivity contribution in [2.75, 3.05) is 19.8 Å². The minimum Gasteiger partial charge on any atom is -0.374 e. The van der Waals surface area contributed by atoms with E-state index in [4.69, 9.17) is 13.3 Å². The normalized spacial score (nSPS) is 11.5. The lowest BCUT2D eigenvalue weighted by Crippen LogP contribution is -2.45. The third-order valence-electron chi connectivity index (χ3n) is 6.64. The molecule has 0 N–H and O–H groups in total. The Hall–Kier alpha value is 0.0969. The van der Waals surface area contributed by atoms with Crippen LogP contribution in [0.15, 0.2) is 0 Å². The van der Waals surface area contributed by atoms with Gasteiger partial charge in [-0.15, -0.1) is 0 Å². The summed E-state index contributed by atoms with van der Waals surface area (Å²) in [4.78, 5) is 0. The lowest BCUT2D eigenvalue weighted by Gasteiger charge is -2.28. The molecule has 3 nitrogen and oxygen atoms in total. The molecular weight excluding hydrogens is 448 g/mol. The summed E-state index contributed by atoms with van der Waals surface area (Å²) in [5.74, 6) is 0. The van der Waals surface area contributed by atoms with Gasteiger partial charge >= 0.3 is 8.80 Å². The van der Waals surface area contributed by atoms with Crippen LogP contribution < -0.4 is 0 Å². The molecule has 0 aromatic rings. The molecule has 0 aromatic carbocycles. The van der Waals surface area contributed by atoms with Gasteiger partial charge < -0.3 is 13.3 Å². The van der Waals surface area contributed by atoms with E-state index in [0.29, 0.717) is 19.8 Å². The molecule has 0 bridgehead atoms. The quantitative estimate of drug-likeness (QED) is 0.0802. The van der Waals surface area contributed by atoms with Crippen LogP contribution in [0.4, 0.5) is 0 Å². The summed E-state index contributed by atoms with van der Waals surface area (Å²) < 4.78 is 17.7. The number of unbranched alkanes of at least 4 members (excludes halogenated alkanes) is 19. The van der Waals surface area contributed by atoms with Gasteiger partial charge in [-0.25, -0.2) is 0 Å². The first-order valence-electron chi connectivity index (χ1n) is 16.1. The summed E-state index contributed by atoms with van der Waals surface area (Å²) in [6.45, 7) is 15.0. The Labute approximate surface area is 224 Å². The van der Waals surface area contributed by atoms with E-state index in [1.165, 1.54) is 135 Å². The van der Waals surface area contributed by atoms with Crippen molar-refractivity contribution in [2.45, 2.75) is 182 Å². The highest BCUT2D eigenvalue weighted by atomic mass is 28.4. The molecule has 0 saturated heterocycles. The van der Waals surface area contributed by atoms with Gasteiger partial charge in [0, 0.05) is 25.9 Å². The summed E-state index contributed by atoms with van der Waals surface area (Å²) in [5, 5.41) is 0. The van der Waals surface area contributed by atoms with Crippen LogP contribution in [-0.4, -0.2) is 28.6 Å². The standard InChI is InChI=1S/C18H40O3Si.C13H28/c1-5-9-10-11-12-13-14-15-16-17-18-22(19-6-2,20-7-3)21-8-4;1-3-5-7-9-11-13-12-10-8-6-4-2/h5-18H2,1-4H3;3-13H2,1-2H3. The number of hydrogen-bond donors (Lipinski definition) is 0. The third-order valence-corrected chi connectivity index (χ3v) is 9.79. The monoisotopic (exact) mass is 516 g/mol. The number of rotatable bonds is 27. The highest BCUT2D eigenvalue weighted by Crippen LogP contribution is 2.21. The Morgan fingerprint density at radius 1 is 0.314 bits per heavy atom. The summed E-state index contributed by atoms with van der Waals surface area (Å²) in [5.41, 5.74) is 0. The van der Waals surface area contributed by atoms with Crippen LogP contribution in [0.3, 0.4) is 0 Å². The van der Waals surface area contributed by atoms with Crippen molar-refractivity contribution in [3.63, 3.8) is 0 Å². The average Bonchev–Trinajstić information content (AvgIpc) is 2.85. The maximum atomic E-state index is 5.89. The summed E-state index contributed by atoms with van der Waals surface area (Å²) in [6.07, 6.45) is 29.5. The smallest absolute Gasteiger partial charge is 0.374 e. The largest absolute Gasteiger partial charge is 0.500 e. The lowest BCUT2D eigenvalue weighted by atomic mass is 10.1. The maximum Gasteiger partial charge on any atom is 0.500 e. The molecule has 0 unspecified atom stereocenters. The number of hydrogen-bond acceptors (Lipinski definition) is 3. The Morgan fingerprint density at radius 3 is 0.771 bits per heavy atom. The minimum absolute atomic E-state index is 0.685. The lowest BCUT2D eigenvalue weighted by molar-refractivity contribution is 0.0706. The molecule has 4 heteroatoms. The molecule has 214 valence electrons. The van der Waals surface area contributed by atoms with Gasteiger partial charge in [0.1, 0.15) is 0 Å². The molecule has 0 aromatic heterocycles. The molecule has 0 aliphatic rings. The molecule has 0 amide bonds. The van der Waals surface area contributed by atoms with Crippen LogP contribution in [0.1, 0.15) is 176 Å². The van der Waals surface area contributed by atoms with E-state index >= 15 is 0 Å². The zero-order valence-corrected chi connectivity index (χ0v) is 26.4. The van der Waals surface area contributed by atoms with E-state index in [0.717, 1.165) is 6.04 Å². The van der Waals surface area contributed by atoms with Gasteiger partial charge in [0.15, 0.2) is 0 Å². The molecule has 0 atom stereocenters. The summed E-state index contributed by atoms with van der Waals surface area (Å²) >= 11 is 0. The van der Waals surface area contributed by atoms with Crippen molar-refractivity contribution in [1.29, 1.82) is 0 Å². The summed E-state index contributed by atoms with van der Waals surface area (Å²) in [6, 6.07) is 0.971. The van der Waals surface area contributed by atoms with Gasteiger partial charge in [0.25, 0.3) is 0 Å². The van der Waals surface area contributed by atoms with Gasteiger partial charge in [-0.05, 0) is 27.2 Å². The van der Waals surface area contributed by atoms with Crippen LogP contribution in [0.25, 0.3) is 0 Å². The van der Waals surface area contributed by atoms with Crippen LogP contribution >= 0.6 is 0 Å². The van der Waals surface area contributed by atoms with Gasteiger partial charge in [-0.2, -0.15) is 0 Å². The maximum absolute atomic E-state index is 5.89. The Morgan fingerprint density at radius 2 is 0.543 bits per heavy atom. The van der Waals surface area contributed by atoms with Crippen molar-refractivity contribution in [3.8, 4) is 0 Å². The van der Waals surface area contributed by atoms with E-state index < -0.39 is 8.80 Å². The van der Waals surface area contributed by atoms with Gasteiger partial charge in [0.2, 0.25) is 0 Å². The Kier molecular flexibility index (Phi) is 34.2. The molecule has 0 aliphatic heterocycles. The molecule has 0 rings (SSSR count). The van der Waals surface area contributed by atoms with Gasteiger partial charge in [0.05, 0.1) is 0 Å². The van der Waals surface area contributed by atoms with Crippen LogP contribution in [0, 0.1) is 0 Å². The molecule has 0 heterocycles. The van der Waals surface area contributed by atoms with Crippen molar-refractivity contribution in [3.05, 3.63) is 0 Å². The van der Waals surface area contributed by atoms with E-state index in [9.17, 15) is 0 Å². The van der Waals surface area contributed by atoms with E-state index in [1.54, 1.807) is 0 Å². The second kappa shape index (κ2) is 32.1. The van der Waals surface area contributed by atoms with Crippen molar-refractivity contribution < 1.29 is 13.3 Å². The van der Waals surface area contributed by atoms with Crippen LogP contribution in [0.2, 0.25) is 6.04 Å². The molecule has 0 spiro atoms. The fourth-order valence-corrected chi connectivity index (χ4v) is 7.25. The van der Waals surface area contributed by atoms with Gasteiger partial charge in [-0.1, -0.05) is 149 Å². The molecule has 0 saturated carbocycles. The fourth-order valence-electron chi connectivity index (χ4n) is 4.57. The van der Waals surface area contributed by atoms with Crippen LogP contribution in [0.5, 0.6) is 0 Å². The first kappa shape index (κ1) is 37.2. The third kappa shape index (κ3) is 28.5. The topological polar surface area (TPSA) is 27.7 Å². The van der Waals surface area contributed by atoms with Crippen molar-refractivity contribution in [1.82, 2.24) is 0 Å². The summed E-state index contributed by atoms with van der Waals surface area (Å²) in [7, 11) is -2.39. The molecule has 0 fully saturated rings. The van der Waals surface area contributed by atoms with E-state index in [1.807, 2.05) is 20.8 Å². The molecular formula is C31H68O3Si. The van der Waals surface area contributed by atoms with Gasteiger partial charge in [-0.3, -0.25) is 0 Å². The molecule has 0 radical (unpaired) electrons. The van der Waals surface area contributed by atoms with Crippen LogP contribution in [-0.2, 0) is 13.3 Å². The van der Waals surface area contributed by atoms with E-state index in [2.05, 4.69) is 20.8 Å². The van der Waals surface area contributed by atoms with Crippen molar-refractivity contribution >= 4 is 8.80 Å². The average molecular weight is 517 g/mol. The molecule has 35 heavy (non-hydrogen) atoms. The second-order valence-electron chi connectivity index (χ2n) is 10.1. The molecule has 0 aliphatic carbocycles. The van der Waals surface area contributed by atoms with Crippen molar-refractivity contribution in [2.24, 2.45) is 0 Å². The van der Waals surface area contributed by atoms with E-state index in [-0.39, 0.29) is 0 Å². The first-order chi connectivity index (χ1) is 17.2. The zero-order valence-electron chi connectivity index (χ0n) is 25.4. The zero-order chi connectivity index (χ0) is 26.3. The fraction of sp³-hybridized carbons (Fsp3) is 1.00. The first-order valence-corrected chi connectivity index (χ1v) is 18.0.